The number of benzene rings is 1. The number of aromatic nitrogens is 1. The first-order valence-corrected chi connectivity index (χ1v) is 8.82. The van der Waals surface area contributed by atoms with Gasteiger partial charge in [0.15, 0.2) is 0 Å². The van der Waals surface area contributed by atoms with E-state index in [0.29, 0.717) is 26.2 Å². The number of hydrogen-bond acceptors (Lipinski definition) is 3. The van der Waals surface area contributed by atoms with Gasteiger partial charge in [-0.05, 0) is 25.0 Å². The van der Waals surface area contributed by atoms with Crippen molar-refractivity contribution in [1.29, 1.82) is 0 Å². The number of piperazine rings is 1. The Morgan fingerprint density at radius 2 is 1.72 bits per heavy atom. The summed E-state index contributed by atoms with van der Waals surface area (Å²) in [6, 6.07) is 9.86. The molecule has 0 radical (unpaired) electrons. The van der Waals surface area contributed by atoms with E-state index >= 15 is 0 Å². The number of fused-ring (bicyclic) bond motifs is 1. The van der Waals surface area contributed by atoms with E-state index in [0.717, 1.165) is 29.3 Å². The quantitative estimate of drug-likeness (QED) is 0.809. The van der Waals surface area contributed by atoms with Crippen molar-refractivity contribution in [2.75, 3.05) is 26.2 Å². The average molecular weight is 335 g/mol. The van der Waals surface area contributed by atoms with E-state index in [1.807, 2.05) is 46.2 Å². The Morgan fingerprint density at radius 1 is 1.00 bits per heavy atom. The number of para-hydroxylation sites is 1. The van der Waals surface area contributed by atoms with Crippen molar-refractivity contribution in [3.63, 3.8) is 0 Å². The van der Waals surface area contributed by atoms with Crippen LogP contribution in [0.2, 0.25) is 0 Å². The minimum Gasteiger partial charge on any atom is -0.339 e. The lowest BCUT2D eigenvalue weighted by Crippen LogP contribution is -2.50. The maximum absolute atomic E-state index is 12.4. The number of amides is 2. The molecule has 1 aromatic heterocycles. The second kappa shape index (κ2) is 6.67. The van der Waals surface area contributed by atoms with Gasteiger partial charge in [0.2, 0.25) is 11.8 Å². The van der Waals surface area contributed by atoms with Crippen molar-refractivity contribution in [3.05, 3.63) is 48.2 Å². The van der Waals surface area contributed by atoms with Crippen LogP contribution in [0.1, 0.15) is 18.4 Å². The number of nitrogens with zero attached hydrogens (tertiary/aromatic N) is 3. The summed E-state index contributed by atoms with van der Waals surface area (Å²) < 4.78 is 0. The molecule has 5 heteroatoms. The number of hydrogen-bond donors (Lipinski definition) is 0. The first-order valence-electron chi connectivity index (χ1n) is 8.82. The Bertz CT molecular complexity index is 828. The van der Waals surface area contributed by atoms with Gasteiger partial charge in [-0.2, -0.15) is 0 Å². The summed E-state index contributed by atoms with van der Waals surface area (Å²) in [5.74, 6) is 0.511. The number of carbonyl (C=O) groups is 2. The van der Waals surface area contributed by atoms with Gasteiger partial charge in [-0.15, -0.1) is 0 Å². The summed E-state index contributed by atoms with van der Waals surface area (Å²) >= 11 is 0. The third-order valence-electron chi connectivity index (χ3n) is 4.90. The molecule has 25 heavy (non-hydrogen) atoms. The molecule has 2 amide bonds. The van der Waals surface area contributed by atoms with Crippen molar-refractivity contribution in [1.82, 2.24) is 14.8 Å². The minimum atomic E-state index is -0.00791. The molecule has 0 N–H and O–H groups in total. The summed E-state index contributed by atoms with van der Waals surface area (Å²) in [4.78, 5) is 32.6. The zero-order valence-electron chi connectivity index (χ0n) is 14.1. The van der Waals surface area contributed by atoms with Gasteiger partial charge in [-0.25, -0.2) is 0 Å². The monoisotopic (exact) mass is 335 g/mol. The van der Waals surface area contributed by atoms with Crippen LogP contribution in [0.25, 0.3) is 17.0 Å². The molecule has 1 aliphatic carbocycles. The van der Waals surface area contributed by atoms with Crippen molar-refractivity contribution in [3.8, 4) is 0 Å². The summed E-state index contributed by atoms with van der Waals surface area (Å²) in [6.45, 7) is 2.50. The average Bonchev–Trinajstić information content (AvgIpc) is 3.51. The number of carbonyl (C=O) groups excluding carboxylic acids is 2. The standard InChI is InChI=1S/C20H21N3O2/c24-18(22-11-13-23(14-12-22)20(25)17-6-7-17)9-8-16-4-1-3-15-5-2-10-21-19(15)16/h1-5,8-10,17H,6-7,11-14H2. The lowest BCUT2D eigenvalue weighted by molar-refractivity contribution is -0.138. The highest BCUT2D eigenvalue weighted by molar-refractivity contribution is 5.95. The van der Waals surface area contributed by atoms with Gasteiger partial charge >= 0.3 is 0 Å². The van der Waals surface area contributed by atoms with Gasteiger partial charge in [0, 0.05) is 55.3 Å². The maximum atomic E-state index is 12.4. The molecule has 2 aromatic rings. The fraction of sp³-hybridized carbons (Fsp3) is 0.350. The first-order chi connectivity index (χ1) is 12.2. The molecule has 4 rings (SSSR count). The smallest absolute Gasteiger partial charge is 0.246 e. The van der Waals surface area contributed by atoms with Crippen molar-refractivity contribution < 1.29 is 9.59 Å². The van der Waals surface area contributed by atoms with E-state index in [4.69, 9.17) is 0 Å². The van der Waals surface area contributed by atoms with Crippen LogP contribution in [-0.4, -0.2) is 52.8 Å². The molecule has 0 spiro atoms. The lowest BCUT2D eigenvalue weighted by atomic mass is 10.1. The molecule has 128 valence electrons. The van der Waals surface area contributed by atoms with Crippen LogP contribution in [0.4, 0.5) is 0 Å². The Morgan fingerprint density at radius 3 is 2.48 bits per heavy atom. The van der Waals surface area contributed by atoms with Crippen LogP contribution < -0.4 is 0 Å². The lowest BCUT2D eigenvalue weighted by Gasteiger charge is -2.34. The highest BCUT2D eigenvalue weighted by Gasteiger charge is 2.34. The molecule has 1 saturated carbocycles. The van der Waals surface area contributed by atoms with Crippen LogP contribution in [-0.2, 0) is 9.59 Å². The summed E-state index contributed by atoms with van der Waals surface area (Å²) in [5.41, 5.74) is 1.84. The van der Waals surface area contributed by atoms with Gasteiger partial charge < -0.3 is 9.80 Å². The van der Waals surface area contributed by atoms with Crippen molar-refractivity contribution >= 4 is 28.8 Å². The SMILES string of the molecule is O=C(C=Cc1cccc2cccnc12)N1CCN(C(=O)C2CC2)CC1. The fourth-order valence-electron chi connectivity index (χ4n) is 3.26. The van der Waals surface area contributed by atoms with E-state index in [1.165, 1.54) is 0 Å². The number of pyridine rings is 1. The third kappa shape index (κ3) is 3.40. The largest absolute Gasteiger partial charge is 0.339 e. The molecule has 2 fully saturated rings. The Hall–Kier alpha value is -2.69. The fourth-order valence-corrected chi connectivity index (χ4v) is 3.26. The van der Waals surface area contributed by atoms with E-state index in [1.54, 1.807) is 12.3 Å². The Labute approximate surface area is 146 Å². The van der Waals surface area contributed by atoms with E-state index in [9.17, 15) is 9.59 Å². The predicted octanol–water partition coefficient (Wildman–Crippen LogP) is 2.33. The van der Waals surface area contributed by atoms with Crippen molar-refractivity contribution in [2.24, 2.45) is 5.92 Å². The zero-order valence-corrected chi connectivity index (χ0v) is 14.1. The third-order valence-corrected chi connectivity index (χ3v) is 4.90. The molecule has 2 aliphatic rings. The zero-order chi connectivity index (χ0) is 17.2. The van der Waals surface area contributed by atoms with Gasteiger partial charge in [-0.3, -0.25) is 14.6 Å². The van der Waals surface area contributed by atoms with E-state index < -0.39 is 0 Å². The van der Waals surface area contributed by atoms with E-state index in [2.05, 4.69) is 4.98 Å². The molecular formula is C20H21N3O2. The highest BCUT2D eigenvalue weighted by Crippen LogP contribution is 2.31. The van der Waals surface area contributed by atoms with Crippen LogP contribution in [0, 0.1) is 5.92 Å². The first kappa shape index (κ1) is 15.8. The van der Waals surface area contributed by atoms with Crippen LogP contribution in [0.3, 0.4) is 0 Å². The Kier molecular flexibility index (Phi) is 4.22. The normalized spacial score (nSPS) is 18.1. The van der Waals surface area contributed by atoms with Crippen molar-refractivity contribution in [2.45, 2.75) is 12.8 Å². The van der Waals surface area contributed by atoms with Gasteiger partial charge in [0.25, 0.3) is 0 Å². The van der Waals surface area contributed by atoms with Crippen LogP contribution in [0.15, 0.2) is 42.6 Å². The molecule has 5 nitrogen and oxygen atoms in total. The molecule has 0 unspecified atom stereocenters. The minimum absolute atomic E-state index is 0.00791. The molecule has 1 aromatic carbocycles. The van der Waals surface area contributed by atoms with E-state index in [-0.39, 0.29) is 17.7 Å². The summed E-state index contributed by atoms with van der Waals surface area (Å²) in [6.07, 6.45) is 7.26. The van der Waals surface area contributed by atoms with Crippen LogP contribution >= 0.6 is 0 Å². The number of rotatable bonds is 3. The summed E-state index contributed by atoms with van der Waals surface area (Å²) in [5, 5.41) is 1.06. The Balaban J connectivity index is 1.40. The topological polar surface area (TPSA) is 53.5 Å². The second-order valence-electron chi connectivity index (χ2n) is 6.68. The molecule has 1 aliphatic heterocycles. The molecule has 1 saturated heterocycles. The predicted molar refractivity (Wildman–Crippen MR) is 96.7 cm³/mol. The molecule has 0 atom stereocenters. The maximum Gasteiger partial charge on any atom is 0.246 e. The highest BCUT2D eigenvalue weighted by atomic mass is 16.2. The molecular weight excluding hydrogens is 314 g/mol. The van der Waals surface area contributed by atoms with Crippen LogP contribution in [0.5, 0.6) is 0 Å². The molecule has 0 bridgehead atoms. The second-order valence-corrected chi connectivity index (χ2v) is 6.68. The van der Waals surface area contributed by atoms with Gasteiger partial charge in [0.1, 0.15) is 0 Å². The molecule has 2 heterocycles. The van der Waals surface area contributed by atoms with Gasteiger partial charge in [0.05, 0.1) is 5.52 Å². The summed E-state index contributed by atoms with van der Waals surface area (Å²) in [7, 11) is 0. The van der Waals surface area contributed by atoms with Gasteiger partial charge in [-0.1, -0.05) is 24.3 Å².